The van der Waals surface area contributed by atoms with Gasteiger partial charge in [-0.05, 0) is 49.7 Å². The Hall–Kier alpha value is -2.34. The molecule has 0 saturated heterocycles. The fraction of sp³-hybridized carbons (Fsp3) is 0.263. The molecular formula is C19H21BrN2O3. The zero-order valence-corrected chi connectivity index (χ0v) is 15.9. The van der Waals surface area contributed by atoms with Gasteiger partial charge in [0.15, 0.2) is 6.61 Å². The molecule has 0 saturated carbocycles. The molecule has 0 radical (unpaired) electrons. The first-order valence-corrected chi connectivity index (χ1v) is 8.75. The first-order chi connectivity index (χ1) is 12.0. The van der Waals surface area contributed by atoms with Crippen molar-refractivity contribution in [1.29, 1.82) is 0 Å². The maximum Gasteiger partial charge on any atom is 0.258 e. The lowest BCUT2D eigenvalue weighted by Gasteiger charge is -2.10. The minimum Gasteiger partial charge on any atom is -0.484 e. The average Bonchev–Trinajstić information content (AvgIpc) is 2.58. The molecule has 132 valence electrons. The molecule has 2 N–H and O–H groups in total. The van der Waals surface area contributed by atoms with Crippen LogP contribution in [0.2, 0.25) is 0 Å². The third-order valence-corrected chi connectivity index (χ3v) is 4.06. The Morgan fingerprint density at radius 1 is 1.00 bits per heavy atom. The summed E-state index contributed by atoms with van der Waals surface area (Å²) in [6.07, 6.45) is 0. The average molecular weight is 405 g/mol. The number of halogens is 1. The predicted molar refractivity (Wildman–Crippen MR) is 101 cm³/mol. The number of rotatable bonds is 7. The maximum atomic E-state index is 11.9. The molecule has 2 aromatic rings. The maximum absolute atomic E-state index is 11.9. The van der Waals surface area contributed by atoms with Gasteiger partial charge in [-0.3, -0.25) is 9.59 Å². The highest BCUT2D eigenvalue weighted by Gasteiger charge is 2.06. The summed E-state index contributed by atoms with van der Waals surface area (Å²) in [6.45, 7) is 4.59. The van der Waals surface area contributed by atoms with Gasteiger partial charge in [-0.15, -0.1) is 0 Å². The molecule has 0 aromatic heterocycles. The van der Waals surface area contributed by atoms with Crippen LogP contribution in [0.25, 0.3) is 0 Å². The van der Waals surface area contributed by atoms with Crippen LogP contribution in [0.3, 0.4) is 0 Å². The number of carbonyl (C=O) groups is 2. The lowest BCUT2D eigenvalue weighted by molar-refractivity contribution is -0.123. The van der Waals surface area contributed by atoms with Crippen molar-refractivity contribution in [2.75, 3.05) is 19.7 Å². The third-order valence-electron chi connectivity index (χ3n) is 3.53. The molecule has 0 bridgehead atoms. The highest BCUT2D eigenvalue weighted by Crippen LogP contribution is 2.18. The molecule has 25 heavy (non-hydrogen) atoms. The minimum atomic E-state index is -0.224. The fourth-order valence-electron chi connectivity index (χ4n) is 2.24. The van der Waals surface area contributed by atoms with Gasteiger partial charge in [0, 0.05) is 23.1 Å². The smallest absolute Gasteiger partial charge is 0.258 e. The fourth-order valence-corrected chi connectivity index (χ4v) is 2.50. The topological polar surface area (TPSA) is 67.4 Å². The van der Waals surface area contributed by atoms with E-state index in [1.807, 2.05) is 32.0 Å². The van der Waals surface area contributed by atoms with Gasteiger partial charge < -0.3 is 15.4 Å². The standard InChI is InChI=1S/C19H21BrN2O3/c1-13-3-8-17(14(2)11-13)25-12-18(23)21-9-10-22-19(24)15-4-6-16(20)7-5-15/h3-8,11H,9-10,12H2,1-2H3,(H,21,23)(H,22,24). The van der Waals surface area contributed by atoms with Crippen LogP contribution in [0.5, 0.6) is 5.75 Å². The van der Waals surface area contributed by atoms with E-state index in [0.29, 0.717) is 24.4 Å². The van der Waals surface area contributed by atoms with Crippen molar-refractivity contribution < 1.29 is 14.3 Å². The Morgan fingerprint density at radius 3 is 2.36 bits per heavy atom. The van der Waals surface area contributed by atoms with Crippen LogP contribution in [0.15, 0.2) is 46.9 Å². The number of hydrogen-bond donors (Lipinski definition) is 2. The number of carbonyl (C=O) groups excluding carboxylic acids is 2. The monoisotopic (exact) mass is 404 g/mol. The number of amides is 2. The SMILES string of the molecule is Cc1ccc(OCC(=O)NCCNC(=O)c2ccc(Br)cc2)c(C)c1. The Kier molecular flexibility index (Phi) is 7.01. The second-order valence-electron chi connectivity index (χ2n) is 5.67. The molecule has 5 nitrogen and oxygen atoms in total. The lowest BCUT2D eigenvalue weighted by atomic mass is 10.1. The molecule has 0 fully saturated rings. The molecule has 2 aromatic carbocycles. The predicted octanol–water partition coefficient (Wildman–Crippen LogP) is 2.99. The summed E-state index contributed by atoms with van der Waals surface area (Å²) in [6, 6.07) is 12.9. The van der Waals surface area contributed by atoms with Gasteiger partial charge in [0.1, 0.15) is 5.75 Å². The van der Waals surface area contributed by atoms with E-state index >= 15 is 0 Å². The van der Waals surface area contributed by atoms with Crippen molar-refractivity contribution in [3.8, 4) is 5.75 Å². The summed E-state index contributed by atoms with van der Waals surface area (Å²) in [7, 11) is 0. The van der Waals surface area contributed by atoms with Gasteiger partial charge in [0.2, 0.25) is 0 Å². The van der Waals surface area contributed by atoms with Crippen molar-refractivity contribution in [2.45, 2.75) is 13.8 Å². The van der Waals surface area contributed by atoms with Gasteiger partial charge in [0.25, 0.3) is 11.8 Å². The van der Waals surface area contributed by atoms with Crippen molar-refractivity contribution in [3.05, 3.63) is 63.6 Å². The molecule has 0 spiro atoms. The van der Waals surface area contributed by atoms with Gasteiger partial charge >= 0.3 is 0 Å². The summed E-state index contributed by atoms with van der Waals surface area (Å²) >= 11 is 3.32. The zero-order chi connectivity index (χ0) is 18.2. The normalized spacial score (nSPS) is 10.2. The van der Waals surface area contributed by atoms with Crippen LogP contribution in [-0.2, 0) is 4.79 Å². The number of aryl methyl sites for hydroxylation is 2. The quantitative estimate of drug-likeness (QED) is 0.696. The second kappa shape index (κ2) is 9.22. The molecule has 0 aliphatic heterocycles. The van der Waals surface area contributed by atoms with E-state index in [1.165, 1.54) is 0 Å². The third kappa shape index (κ3) is 6.23. The number of hydrogen-bond acceptors (Lipinski definition) is 3. The van der Waals surface area contributed by atoms with Crippen molar-refractivity contribution in [2.24, 2.45) is 0 Å². The zero-order valence-electron chi connectivity index (χ0n) is 14.3. The van der Waals surface area contributed by atoms with Crippen LogP contribution in [-0.4, -0.2) is 31.5 Å². The Morgan fingerprint density at radius 2 is 1.68 bits per heavy atom. The van der Waals surface area contributed by atoms with Gasteiger partial charge in [-0.25, -0.2) is 0 Å². The van der Waals surface area contributed by atoms with Crippen LogP contribution >= 0.6 is 15.9 Å². The molecule has 0 heterocycles. The molecule has 0 aliphatic rings. The summed E-state index contributed by atoms with van der Waals surface area (Å²) in [5.74, 6) is 0.301. The number of benzene rings is 2. The van der Waals surface area contributed by atoms with E-state index in [0.717, 1.165) is 15.6 Å². The van der Waals surface area contributed by atoms with Crippen molar-refractivity contribution in [1.82, 2.24) is 10.6 Å². The van der Waals surface area contributed by atoms with E-state index in [9.17, 15) is 9.59 Å². The Labute approximate surface area is 155 Å². The molecule has 2 amide bonds. The van der Waals surface area contributed by atoms with E-state index in [1.54, 1.807) is 24.3 Å². The summed E-state index contributed by atoms with van der Waals surface area (Å²) in [4.78, 5) is 23.7. The van der Waals surface area contributed by atoms with Crippen LogP contribution < -0.4 is 15.4 Å². The minimum absolute atomic E-state index is 0.0510. The van der Waals surface area contributed by atoms with E-state index in [-0.39, 0.29) is 18.4 Å². The highest BCUT2D eigenvalue weighted by molar-refractivity contribution is 9.10. The molecule has 0 aliphatic carbocycles. The van der Waals surface area contributed by atoms with Gasteiger partial charge in [-0.1, -0.05) is 33.6 Å². The van der Waals surface area contributed by atoms with Gasteiger partial charge in [-0.2, -0.15) is 0 Å². The molecular weight excluding hydrogens is 384 g/mol. The Balaban J connectivity index is 1.66. The number of ether oxygens (including phenoxy) is 1. The van der Waals surface area contributed by atoms with Crippen LogP contribution in [0.1, 0.15) is 21.5 Å². The Bertz CT molecular complexity index is 745. The molecule has 0 atom stereocenters. The highest BCUT2D eigenvalue weighted by atomic mass is 79.9. The molecule has 2 rings (SSSR count). The van der Waals surface area contributed by atoms with Crippen molar-refractivity contribution in [3.63, 3.8) is 0 Å². The number of nitrogens with one attached hydrogen (secondary N) is 2. The van der Waals surface area contributed by atoms with Crippen LogP contribution in [0, 0.1) is 13.8 Å². The second-order valence-corrected chi connectivity index (χ2v) is 6.59. The summed E-state index contributed by atoms with van der Waals surface area (Å²) in [5.41, 5.74) is 2.72. The first kappa shape index (κ1) is 19.0. The van der Waals surface area contributed by atoms with E-state index < -0.39 is 0 Å². The summed E-state index contributed by atoms with van der Waals surface area (Å²) < 4.78 is 6.43. The molecule has 6 heteroatoms. The van der Waals surface area contributed by atoms with E-state index in [4.69, 9.17) is 4.74 Å². The van der Waals surface area contributed by atoms with Gasteiger partial charge in [0.05, 0.1) is 0 Å². The van der Waals surface area contributed by atoms with Crippen molar-refractivity contribution >= 4 is 27.7 Å². The molecule has 0 unspecified atom stereocenters. The summed E-state index contributed by atoms with van der Waals surface area (Å²) in [5, 5.41) is 5.47. The van der Waals surface area contributed by atoms with E-state index in [2.05, 4.69) is 26.6 Å². The van der Waals surface area contributed by atoms with Crippen LogP contribution in [0.4, 0.5) is 0 Å². The lowest BCUT2D eigenvalue weighted by Crippen LogP contribution is -2.36. The first-order valence-electron chi connectivity index (χ1n) is 7.96. The largest absolute Gasteiger partial charge is 0.484 e.